The molecule has 3 aromatic rings. The summed E-state index contributed by atoms with van der Waals surface area (Å²) in [5, 5.41) is 5.18. The number of aryl methyl sites for hydroxylation is 1. The van der Waals surface area contributed by atoms with E-state index < -0.39 is 10.0 Å². The van der Waals surface area contributed by atoms with Crippen molar-refractivity contribution in [2.24, 2.45) is 0 Å². The number of nitrogens with zero attached hydrogens (tertiary/aromatic N) is 2. The van der Waals surface area contributed by atoms with E-state index in [0.29, 0.717) is 10.6 Å². The van der Waals surface area contributed by atoms with E-state index in [0.717, 1.165) is 60.2 Å². The Hall–Kier alpha value is -2.57. The Morgan fingerprint density at radius 3 is 2.47 bits per heavy atom. The van der Waals surface area contributed by atoms with Gasteiger partial charge in [-0.15, -0.1) is 0 Å². The molecular formula is C24H29N3O2S. The molecule has 4 rings (SSSR count). The van der Waals surface area contributed by atoms with E-state index in [1.807, 2.05) is 62.4 Å². The topological polar surface area (TPSA) is 52.7 Å². The van der Waals surface area contributed by atoms with Gasteiger partial charge in [0.2, 0.25) is 0 Å². The Morgan fingerprint density at radius 1 is 0.900 bits per heavy atom. The number of nitrogens with one attached hydrogen (secondary N) is 1. The summed E-state index contributed by atoms with van der Waals surface area (Å²) in [7, 11) is -2.07. The molecule has 1 aliphatic rings. The zero-order valence-electron chi connectivity index (χ0n) is 17.9. The van der Waals surface area contributed by atoms with E-state index in [1.165, 1.54) is 4.31 Å². The average Bonchev–Trinajstić information content (AvgIpc) is 3.04. The van der Waals surface area contributed by atoms with Crippen LogP contribution in [0.15, 0.2) is 59.5 Å². The van der Waals surface area contributed by atoms with E-state index in [2.05, 4.69) is 10.2 Å². The third-order valence-electron chi connectivity index (χ3n) is 6.10. The van der Waals surface area contributed by atoms with Crippen molar-refractivity contribution >= 4 is 32.2 Å². The van der Waals surface area contributed by atoms with Crippen molar-refractivity contribution in [3.8, 4) is 0 Å². The maximum absolute atomic E-state index is 13.7. The summed E-state index contributed by atoms with van der Waals surface area (Å²) in [6.45, 7) is 7.79. The molecule has 1 heterocycles. The molecule has 1 N–H and O–H groups in total. The van der Waals surface area contributed by atoms with Gasteiger partial charge in [0.15, 0.2) is 0 Å². The number of hydrogen-bond donors (Lipinski definition) is 1. The monoisotopic (exact) mass is 423 g/mol. The lowest BCUT2D eigenvalue weighted by molar-refractivity contribution is 0.595. The highest BCUT2D eigenvalue weighted by molar-refractivity contribution is 7.93. The van der Waals surface area contributed by atoms with Gasteiger partial charge in [0, 0.05) is 43.1 Å². The Kier molecular flexibility index (Phi) is 5.71. The summed E-state index contributed by atoms with van der Waals surface area (Å²) < 4.78 is 28.7. The van der Waals surface area contributed by atoms with E-state index in [-0.39, 0.29) is 0 Å². The molecule has 30 heavy (non-hydrogen) atoms. The number of sulfonamides is 1. The van der Waals surface area contributed by atoms with Crippen LogP contribution in [0, 0.1) is 13.8 Å². The van der Waals surface area contributed by atoms with Gasteiger partial charge in [0.1, 0.15) is 0 Å². The highest BCUT2D eigenvalue weighted by Crippen LogP contribution is 2.35. The number of fused-ring (bicyclic) bond motifs is 1. The predicted molar refractivity (Wildman–Crippen MR) is 125 cm³/mol. The van der Waals surface area contributed by atoms with Gasteiger partial charge in [-0.2, -0.15) is 0 Å². The molecule has 1 fully saturated rings. The predicted octanol–water partition coefficient (Wildman–Crippen LogP) is 4.08. The van der Waals surface area contributed by atoms with Crippen LogP contribution in [-0.4, -0.2) is 41.6 Å². The normalized spacial score (nSPS) is 15.2. The summed E-state index contributed by atoms with van der Waals surface area (Å²) in [5.41, 5.74) is 3.86. The number of hydrogen-bond acceptors (Lipinski definition) is 4. The highest BCUT2D eigenvalue weighted by atomic mass is 32.2. The largest absolute Gasteiger partial charge is 0.370 e. The Balaban J connectivity index is 1.83. The fraction of sp³-hybridized carbons (Fsp3) is 0.333. The quantitative estimate of drug-likeness (QED) is 0.687. The molecule has 0 aromatic heterocycles. The lowest BCUT2D eigenvalue weighted by Crippen LogP contribution is -2.29. The minimum Gasteiger partial charge on any atom is -0.370 e. The molecular weight excluding hydrogens is 394 g/mol. The van der Waals surface area contributed by atoms with Crippen LogP contribution in [0.25, 0.3) is 10.8 Å². The van der Waals surface area contributed by atoms with E-state index in [9.17, 15) is 8.42 Å². The van der Waals surface area contributed by atoms with Crippen LogP contribution in [0.5, 0.6) is 0 Å². The third-order valence-corrected chi connectivity index (χ3v) is 7.93. The third kappa shape index (κ3) is 3.66. The first-order valence-corrected chi connectivity index (χ1v) is 11.9. The van der Waals surface area contributed by atoms with Crippen molar-refractivity contribution in [2.45, 2.75) is 25.2 Å². The van der Waals surface area contributed by atoms with Crippen molar-refractivity contribution in [1.29, 1.82) is 0 Å². The first-order chi connectivity index (χ1) is 14.4. The second-order valence-corrected chi connectivity index (χ2v) is 9.85. The fourth-order valence-corrected chi connectivity index (χ4v) is 5.64. The fourth-order valence-electron chi connectivity index (χ4n) is 4.20. The van der Waals surface area contributed by atoms with E-state index >= 15 is 0 Å². The molecule has 1 aliphatic heterocycles. The van der Waals surface area contributed by atoms with Gasteiger partial charge in [-0.3, -0.25) is 4.31 Å². The molecule has 0 amide bonds. The molecule has 6 heteroatoms. The second-order valence-electron chi connectivity index (χ2n) is 7.91. The van der Waals surface area contributed by atoms with Crippen LogP contribution in [0.4, 0.5) is 11.4 Å². The molecule has 3 aromatic carbocycles. The van der Waals surface area contributed by atoms with Crippen LogP contribution in [0.2, 0.25) is 0 Å². The molecule has 1 saturated heterocycles. The van der Waals surface area contributed by atoms with Crippen LogP contribution in [-0.2, 0) is 10.0 Å². The van der Waals surface area contributed by atoms with Crippen molar-refractivity contribution < 1.29 is 8.42 Å². The lowest BCUT2D eigenvalue weighted by Gasteiger charge is -2.26. The van der Waals surface area contributed by atoms with Gasteiger partial charge in [0.05, 0.1) is 10.6 Å². The molecule has 0 saturated carbocycles. The molecule has 0 spiro atoms. The number of rotatable bonds is 4. The van der Waals surface area contributed by atoms with Crippen molar-refractivity contribution in [1.82, 2.24) is 5.32 Å². The van der Waals surface area contributed by atoms with Gasteiger partial charge in [-0.05, 0) is 56.1 Å². The summed E-state index contributed by atoms with van der Waals surface area (Å²) in [6, 6.07) is 17.3. The van der Waals surface area contributed by atoms with Crippen molar-refractivity contribution in [3.05, 3.63) is 65.7 Å². The molecule has 0 radical (unpaired) electrons. The van der Waals surface area contributed by atoms with E-state index in [1.54, 1.807) is 13.1 Å². The van der Waals surface area contributed by atoms with E-state index in [4.69, 9.17) is 0 Å². The zero-order chi connectivity index (χ0) is 21.3. The first kappa shape index (κ1) is 20.7. The maximum Gasteiger partial charge on any atom is 0.264 e. The molecule has 0 aliphatic carbocycles. The van der Waals surface area contributed by atoms with Gasteiger partial charge in [0.25, 0.3) is 10.0 Å². The van der Waals surface area contributed by atoms with Crippen LogP contribution < -0.4 is 14.5 Å². The van der Waals surface area contributed by atoms with Crippen molar-refractivity contribution in [2.75, 3.05) is 42.4 Å². The number of anilines is 2. The number of benzene rings is 3. The SMILES string of the molecule is Cc1cccc(N(C)S(=O)(=O)c2ccc(N3CCCNCC3)c3ccccc23)c1C. The van der Waals surface area contributed by atoms with Crippen LogP contribution >= 0.6 is 0 Å². The molecule has 0 bridgehead atoms. The summed E-state index contributed by atoms with van der Waals surface area (Å²) in [6.07, 6.45) is 1.07. The molecule has 5 nitrogen and oxygen atoms in total. The molecule has 0 unspecified atom stereocenters. The van der Waals surface area contributed by atoms with Crippen molar-refractivity contribution in [3.63, 3.8) is 0 Å². The molecule has 158 valence electrons. The van der Waals surface area contributed by atoms with Gasteiger partial charge < -0.3 is 10.2 Å². The Labute approximate surface area is 179 Å². The standard InChI is InChI=1S/C24H29N3O2S/c1-18-8-6-11-22(19(18)2)26(3)30(28,29)24-13-12-23(20-9-4-5-10-21(20)24)27-16-7-14-25-15-17-27/h4-6,8-13,25H,7,14-17H2,1-3H3. The van der Waals surface area contributed by atoms with Crippen LogP contribution in [0.1, 0.15) is 17.5 Å². The summed E-state index contributed by atoms with van der Waals surface area (Å²) in [5.74, 6) is 0. The van der Waals surface area contributed by atoms with Gasteiger partial charge in [-0.25, -0.2) is 8.42 Å². The lowest BCUT2D eigenvalue weighted by atomic mass is 10.1. The zero-order valence-corrected chi connectivity index (χ0v) is 18.7. The highest BCUT2D eigenvalue weighted by Gasteiger charge is 2.26. The van der Waals surface area contributed by atoms with Gasteiger partial charge in [-0.1, -0.05) is 36.4 Å². The van der Waals surface area contributed by atoms with Gasteiger partial charge >= 0.3 is 0 Å². The Morgan fingerprint density at radius 2 is 1.67 bits per heavy atom. The minimum atomic E-state index is -3.71. The summed E-state index contributed by atoms with van der Waals surface area (Å²) in [4.78, 5) is 2.70. The summed E-state index contributed by atoms with van der Waals surface area (Å²) >= 11 is 0. The smallest absolute Gasteiger partial charge is 0.264 e. The molecule has 0 atom stereocenters. The maximum atomic E-state index is 13.7. The van der Waals surface area contributed by atoms with Crippen LogP contribution in [0.3, 0.4) is 0 Å². The average molecular weight is 424 g/mol. The minimum absolute atomic E-state index is 0.346. The second kappa shape index (κ2) is 8.28. The Bertz CT molecular complexity index is 1170. The first-order valence-electron chi connectivity index (χ1n) is 10.4.